The van der Waals surface area contributed by atoms with Crippen molar-refractivity contribution in [2.75, 3.05) is 31.6 Å². The Balaban J connectivity index is 1.30. The molecular weight excluding hydrogens is 340 g/mol. The third-order valence-corrected chi connectivity index (χ3v) is 4.90. The van der Waals surface area contributed by atoms with Gasteiger partial charge in [0.25, 0.3) is 5.91 Å². The number of amides is 1. The highest BCUT2D eigenvalue weighted by Crippen LogP contribution is 2.19. The number of nitrogens with zero attached hydrogens (tertiary/aromatic N) is 2. The van der Waals surface area contributed by atoms with Crippen LogP contribution in [0.4, 0.5) is 5.82 Å². The van der Waals surface area contributed by atoms with Crippen LogP contribution in [0.15, 0.2) is 42.5 Å². The summed E-state index contributed by atoms with van der Waals surface area (Å²) in [7, 11) is 0. The van der Waals surface area contributed by atoms with Crippen molar-refractivity contribution in [1.29, 1.82) is 0 Å². The van der Waals surface area contributed by atoms with Crippen molar-refractivity contribution in [2.24, 2.45) is 0 Å². The van der Waals surface area contributed by atoms with E-state index in [1.54, 1.807) is 0 Å². The fraction of sp³-hybridized carbons (Fsp3) is 0.429. The lowest BCUT2D eigenvalue weighted by Crippen LogP contribution is -2.35. The van der Waals surface area contributed by atoms with Gasteiger partial charge in [-0.2, -0.15) is 0 Å². The Hall–Kier alpha value is -2.44. The summed E-state index contributed by atoms with van der Waals surface area (Å²) in [6.07, 6.45) is 2.21. The Morgan fingerprint density at radius 3 is 2.63 bits per heavy atom. The van der Waals surface area contributed by atoms with Gasteiger partial charge in [0.2, 0.25) is 0 Å². The average Bonchev–Trinajstić information content (AvgIpc) is 3.52. The van der Waals surface area contributed by atoms with E-state index in [0.29, 0.717) is 12.6 Å². The van der Waals surface area contributed by atoms with Crippen LogP contribution in [0, 0.1) is 0 Å². The van der Waals surface area contributed by atoms with Crippen molar-refractivity contribution in [2.45, 2.75) is 32.0 Å². The van der Waals surface area contributed by atoms with Gasteiger partial charge in [-0.25, -0.2) is 4.98 Å². The van der Waals surface area contributed by atoms with Crippen molar-refractivity contribution in [3.8, 4) is 0 Å². The molecule has 1 amide bonds. The molecule has 2 N–H and O–H groups in total. The van der Waals surface area contributed by atoms with Gasteiger partial charge in [0.05, 0.1) is 18.9 Å². The van der Waals surface area contributed by atoms with Crippen LogP contribution in [-0.4, -0.2) is 48.1 Å². The maximum Gasteiger partial charge on any atom is 0.251 e. The van der Waals surface area contributed by atoms with E-state index >= 15 is 0 Å². The van der Waals surface area contributed by atoms with Gasteiger partial charge < -0.3 is 15.4 Å². The SMILES string of the molecule is O=C(NC1CC1)c1ccc(CNc2cccc(CN3CCOCC3)n2)cc1. The topological polar surface area (TPSA) is 66.5 Å². The zero-order valence-electron chi connectivity index (χ0n) is 15.5. The summed E-state index contributed by atoms with van der Waals surface area (Å²) < 4.78 is 5.39. The molecule has 0 bridgehead atoms. The van der Waals surface area contributed by atoms with E-state index in [1.165, 1.54) is 0 Å². The summed E-state index contributed by atoms with van der Waals surface area (Å²) >= 11 is 0. The maximum absolute atomic E-state index is 12.0. The lowest BCUT2D eigenvalue weighted by atomic mass is 10.1. The molecule has 6 nitrogen and oxygen atoms in total. The second-order valence-electron chi connectivity index (χ2n) is 7.20. The van der Waals surface area contributed by atoms with Crippen LogP contribution in [0.1, 0.15) is 34.5 Å². The van der Waals surface area contributed by atoms with E-state index in [-0.39, 0.29) is 5.91 Å². The standard InChI is InChI=1S/C21H26N4O2/c26-21(24-18-8-9-18)17-6-4-16(5-7-17)14-22-20-3-1-2-19(23-20)15-25-10-12-27-13-11-25/h1-7,18H,8-15H2,(H,22,23)(H,24,26). The highest BCUT2D eigenvalue weighted by Gasteiger charge is 2.23. The minimum atomic E-state index is 0.0227. The van der Waals surface area contributed by atoms with E-state index in [4.69, 9.17) is 9.72 Å². The third-order valence-electron chi connectivity index (χ3n) is 4.90. The smallest absolute Gasteiger partial charge is 0.251 e. The van der Waals surface area contributed by atoms with E-state index in [1.807, 2.05) is 36.4 Å². The first kappa shape index (κ1) is 17.9. The van der Waals surface area contributed by atoms with Crippen LogP contribution in [0.25, 0.3) is 0 Å². The lowest BCUT2D eigenvalue weighted by molar-refractivity contribution is 0.0337. The quantitative estimate of drug-likeness (QED) is 0.788. The number of nitrogens with one attached hydrogen (secondary N) is 2. The zero-order valence-corrected chi connectivity index (χ0v) is 15.5. The molecule has 0 atom stereocenters. The molecule has 1 saturated heterocycles. The van der Waals surface area contributed by atoms with Gasteiger partial charge in [0.15, 0.2) is 0 Å². The van der Waals surface area contributed by atoms with Crippen LogP contribution in [-0.2, 0) is 17.8 Å². The largest absolute Gasteiger partial charge is 0.379 e. The maximum atomic E-state index is 12.0. The molecule has 4 rings (SSSR count). The number of carbonyl (C=O) groups excluding carboxylic acids is 1. The summed E-state index contributed by atoms with van der Waals surface area (Å²) in [6, 6.07) is 14.2. The molecular formula is C21H26N4O2. The number of pyridine rings is 1. The van der Waals surface area contributed by atoms with Gasteiger partial charge >= 0.3 is 0 Å². The van der Waals surface area contributed by atoms with Gasteiger partial charge in [-0.15, -0.1) is 0 Å². The Morgan fingerprint density at radius 2 is 1.89 bits per heavy atom. The summed E-state index contributed by atoms with van der Waals surface area (Å²) in [5.41, 5.74) is 2.91. The second kappa shape index (κ2) is 8.50. The van der Waals surface area contributed by atoms with Crippen molar-refractivity contribution >= 4 is 11.7 Å². The predicted molar refractivity (Wildman–Crippen MR) is 105 cm³/mol. The van der Waals surface area contributed by atoms with E-state index in [9.17, 15) is 4.79 Å². The molecule has 2 heterocycles. The molecule has 6 heteroatoms. The van der Waals surface area contributed by atoms with Gasteiger partial charge in [-0.05, 0) is 42.7 Å². The molecule has 0 radical (unpaired) electrons. The number of rotatable bonds is 7. The number of anilines is 1. The molecule has 2 aromatic rings. The lowest BCUT2D eigenvalue weighted by Gasteiger charge is -2.26. The van der Waals surface area contributed by atoms with E-state index in [2.05, 4.69) is 21.6 Å². The molecule has 1 aromatic carbocycles. The number of hydrogen-bond donors (Lipinski definition) is 2. The fourth-order valence-electron chi connectivity index (χ4n) is 3.12. The molecule has 27 heavy (non-hydrogen) atoms. The number of morpholine rings is 1. The van der Waals surface area contributed by atoms with Crippen LogP contribution in [0.3, 0.4) is 0 Å². The molecule has 1 aliphatic heterocycles. The Morgan fingerprint density at radius 1 is 1.11 bits per heavy atom. The zero-order chi connectivity index (χ0) is 18.5. The fourth-order valence-corrected chi connectivity index (χ4v) is 3.12. The predicted octanol–water partition coefficient (Wildman–Crippen LogP) is 2.42. The highest BCUT2D eigenvalue weighted by molar-refractivity contribution is 5.94. The second-order valence-corrected chi connectivity index (χ2v) is 7.20. The highest BCUT2D eigenvalue weighted by atomic mass is 16.5. The van der Waals surface area contributed by atoms with Gasteiger partial charge in [0.1, 0.15) is 5.82 Å². The molecule has 2 aliphatic rings. The van der Waals surface area contributed by atoms with E-state index in [0.717, 1.165) is 68.3 Å². The number of aromatic nitrogens is 1. The Bertz CT molecular complexity index is 768. The molecule has 0 unspecified atom stereocenters. The summed E-state index contributed by atoms with van der Waals surface area (Å²) in [6.45, 7) is 5.04. The van der Waals surface area contributed by atoms with Crippen LogP contribution >= 0.6 is 0 Å². The van der Waals surface area contributed by atoms with Crippen molar-refractivity contribution < 1.29 is 9.53 Å². The number of carbonyl (C=O) groups is 1. The Kier molecular flexibility index (Phi) is 5.65. The number of ether oxygens (including phenoxy) is 1. The summed E-state index contributed by atoms with van der Waals surface area (Å²) in [5, 5.41) is 6.39. The molecule has 2 fully saturated rings. The number of benzene rings is 1. The van der Waals surface area contributed by atoms with Gasteiger partial charge in [-0.3, -0.25) is 9.69 Å². The molecule has 142 valence electrons. The van der Waals surface area contributed by atoms with Crippen LogP contribution in [0.2, 0.25) is 0 Å². The first-order valence-electron chi connectivity index (χ1n) is 9.66. The molecule has 1 aliphatic carbocycles. The van der Waals surface area contributed by atoms with Crippen LogP contribution in [0.5, 0.6) is 0 Å². The van der Waals surface area contributed by atoms with Crippen molar-refractivity contribution in [3.63, 3.8) is 0 Å². The van der Waals surface area contributed by atoms with Gasteiger partial charge in [0, 0.05) is 37.8 Å². The van der Waals surface area contributed by atoms with Gasteiger partial charge in [-0.1, -0.05) is 18.2 Å². The van der Waals surface area contributed by atoms with Crippen molar-refractivity contribution in [3.05, 3.63) is 59.3 Å². The average molecular weight is 366 g/mol. The first-order valence-corrected chi connectivity index (χ1v) is 9.66. The third kappa shape index (κ3) is 5.28. The molecule has 1 saturated carbocycles. The summed E-state index contributed by atoms with van der Waals surface area (Å²) in [4.78, 5) is 19.1. The summed E-state index contributed by atoms with van der Waals surface area (Å²) in [5.74, 6) is 0.894. The monoisotopic (exact) mass is 366 g/mol. The molecule has 0 spiro atoms. The minimum absolute atomic E-state index is 0.0227. The number of hydrogen-bond acceptors (Lipinski definition) is 5. The Labute approximate surface area is 159 Å². The van der Waals surface area contributed by atoms with Crippen LogP contribution < -0.4 is 10.6 Å². The first-order chi connectivity index (χ1) is 13.3. The van der Waals surface area contributed by atoms with Crippen molar-refractivity contribution in [1.82, 2.24) is 15.2 Å². The molecule has 1 aromatic heterocycles. The normalized spacial score (nSPS) is 17.5. The minimum Gasteiger partial charge on any atom is -0.379 e. The van der Waals surface area contributed by atoms with E-state index < -0.39 is 0 Å².